The first-order valence-electron chi connectivity index (χ1n) is 3.11. The maximum Gasteiger partial charge on any atom is 0.0669 e. The lowest BCUT2D eigenvalue weighted by Crippen LogP contribution is -1.80. The maximum absolute atomic E-state index is 8.34. The van der Waals surface area contributed by atoms with Gasteiger partial charge in [-0.3, -0.25) is 0 Å². The van der Waals surface area contributed by atoms with Crippen LogP contribution in [0, 0.1) is 18.3 Å². The highest BCUT2D eigenvalue weighted by Crippen LogP contribution is 2.03. The monoisotopic (exact) mass is 130 g/mol. The van der Waals surface area contributed by atoms with E-state index in [1.807, 2.05) is 24.3 Å². The summed E-state index contributed by atoms with van der Waals surface area (Å²) in [4.78, 5) is 0. The van der Waals surface area contributed by atoms with Crippen molar-refractivity contribution in [3.8, 4) is 6.07 Å². The van der Waals surface area contributed by atoms with Crippen LogP contribution >= 0.6 is 0 Å². The molecule has 10 heavy (non-hydrogen) atoms. The van der Waals surface area contributed by atoms with Gasteiger partial charge in [0.2, 0.25) is 0 Å². The fraction of sp³-hybridized carbons (Fsp3) is 0.111. The van der Waals surface area contributed by atoms with E-state index in [4.69, 9.17) is 5.26 Å². The second-order valence-electron chi connectivity index (χ2n) is 2.15. The van der Waals surface area contributed by atoms with Crippen LogP contribution in [0.15, 0.2) is 24.3 Å². The molecule has 0 aliphatic carbocycles. The molecule has 1 nitrogen and oxygen atoms in total. The van der Waals surface area contributed by atoms with Crippen LogP contribution in [0.1, 0.15) is 11.1 Å². The molecule has 1 aromatic rings. The van der Waals surface area contributed by atoms with Crippen LogP contribution in [0.3, 0.4) is 0 Å². The fourth-order valence-electron chi connectivity index (χ4n) is 0.831. The highest BCUT2D eigenvalue weighted by molar-refractivity contribution is 5.26. The van der Waals surface area contributed by atoms with Crippen LogP contribution < -0.4 is 0 Å². The quantitative estimate of drug-likeness (QED) is 0.569. The number of hydrogen-bond acceptors (Lipinski definition) is 1. The minimum Gasteiger partial charge on any atom is -0.198 e. The van der Waals surface area contributed by atoms with E-state index in [-0.39, 0.29) is 0 Å². The van der Waals surface area contributed by atoms with E-state index in [9.17, 15) is 0 Å². The zero-order chi connectivity index (χ0) is 7.40. The molecule has 1 heteroatoms. The van der Waals surface area contributed by atoms with Crippen molar-refractivity contribution in [3.63, 3.8) is 0 Å². The van der Waals surface area contributed by atoms with Gasteiger partial charge in [0.1, 0.15) is 0 Å². The van der Waals surface area contributed by atoms with Crippen molar-refractivity contribution in [1.29, 1.82) is 5.26 Å². The van der Waals surface area contributed by atoms with E-state index in [1.54, 1.807) is 0 Å². The van der Waals surface area contributed by atoms with E-state index in [1.165, 1.54) is 0 Å². The summed E-state index contributed by atoms with van der Waals surface area (Å²) in [7, 11) is 0. The van der Waals surface area contributed by atoms with Crippen LogP contribution in [-0.2, 0) is 6.42 Å². The molecule has 0 spiro atoms. The molecule has 0 aliphatic rings. The van der Waals surface area contributed by atoms with Crippen LogP contribution in [0.4, 0.5) is 0 Å². The Hall–Kier alpha value is -1.29. The molecule has 0 bridgehead atoms. The summed E-state index contributed by atoms with van der Waals surface area (Å²) in [5, 5.41) is 8.34. The molecule has 1 radical (unpaired) electrons. The van der Waals surface area contributed by atoms with E-state index in [0.29, 0.717) is 6.42 Å². The first-order valence-corrected chi connectivity index (χ1v) is 3.11. The van der Waals surface area contributed by atoms with Crippen molar-refractivity contribution < 1.29 is 0 Å². The molecule has 0 aliphatic heterocycles. The third kappa shape index (κ3) is 1.60. The van der Waals surface area contributed by atoms with Gasteiger partial charge < -0.3 is 0 Å². The predicted molar refractivity (Wildman–Crippen MR) is 40.2 cm³/mol. The van der Waals surface area contributed by atoms with Crippen molar-refractivity contribution in [1.82, 2.24) is 0 Å². The lowest BCUT2D eigenvalue weighted by Gasteiger charge is -1.93. The largest absolute Gasteiger partial charge is 0.198 e. The Labute approximate surface area is 60.9 Å². The number of rotatable bonds is 1. The normalized spacial score (nSPS) is 8.80. The van der Waals surface area contributed by atoms with Crippen molar-refractivity contribution in [2.45, 2.75) is 6.42 Å². The summed E-state index contributed by atoms with van der Waals surface area (Å²) >= 11 is 0. The molecule has 0 saturated carbocycles. The van der Waals surface area contributed by atoms with Gasteiger partial charge >= 0.3 is 0 Å². The molecule has 0 saturated heterocycles. The first-order chi connectivity index (χ1) is 4.83. The highest BCUT2D eigenvalue weighted by Gasteiger charge is 1.89. The van der Waals surface area contributed by atoms with Crippen molar-refractivity contribution in [3.05, 3.63) is 42.3 Å². The van der Waals surface area contributed by atoms with Crippen LogP contribution in [-0.4, -0.2) is 0 Å². The van der Waals surface area contributed by atoms with Crippen LogP contribution in [0.25, 0.3) is 0 Å². The number of benzene rings is 1. The average molecular weight is 130 g/mol. The molecule has 49 valence electrons. The minimum atomic E-state index is 0.476. The number of nitrogens with zero attached hydrogens (tertiary/aromatic N) is 1. The lowest BCUT2D eigenvalue weighted by atomic mass is 10.1. The molecular weight excluding hydrogens is 122 g/mol. The summed E-state index contributed by atoms with van der Waals surface area (Å²) < 4.78 is 0. The molecule has 0 fully saturated rings. The Balaban J connectivity index is 2.87. The van der Waals surface area contributed by atoms with Gasteiger partial charge in [-0.2, -0.15) is 5.26 Å². The molecule has 1 aromatic carbocycles. The topological polar surface area (TPSA) is 23.8 Å². The van der Waals surface area contributed by atoms with Gasteiger partial charge in [0.15, 0.2) is 0 Å². The smallest absolute Gasteiger partial charge is 0.0669 e. The molecule has 0 heterocycles. The van der Waals surface area contributed by atoms with Gasteiger partial charge in [0.05, 0.1) is 12.5 Å². The standard InChI is InChI=1S/C9H8N/c1-8-3-2-4-9(7-8)5-6-10/h2-4,7H,1,5H2. The first kappa shape index (κ1) is 6.82. The molecule has 0 aromatic heterocycles. The van der Waals surface area contributed by atoms with E-state index < -0.39 is 0 Å². The highest BCUT2D eigenvalue weighted by atomic mass is 14.2. The van der Waals surface area contributed by atoms with Gasteiger partial charge in [-0.1, -0.05) is 24.3 Å². The Bertz CT molecular complexity index is 258. The number of nitriles is 1. The third-order valence-electron chi connectivity index (χ3n) is 1.27. The van der Waals surface area contributed by atoms with Crippen molar-refractivity contribution in [2.24, 2.45) is 0 Å². The second-order valence-corrected chi connectivity index (χ2v) is 2.15. The van der Waals surface area contributed by atoms with E-state index in [2.05, 4.69) is 13.0 Å². The van der Waals surface area contributed by atoms with Crippen molar-refractivity contribution in [2.75, 3.05) is 0 Å². The Morgan fingerprint density at radius 3 is 2.90 bits per heavy atom. The average Bonchev–Trinajstić information content (AvgIpc) is 1.88. The van der Waals surface area contributed by atoms with Gasteiger partial charge in [0.25, 0.3) is 0 Å². The third-order valence-corrected chi connectivity index (χ3v) is 1.27. The zero-order valence-corrected chi connectivity index (χ0v) is 5.67. The predicted octanol–water partition coefficient (Wildman–Crippen LogP) is 1.93. The Morgan fingerprint density at radius 1 is 1.50 bits per heavy atom. The summed E-state index contributed by atoms with van der Waals surface area (Å²) in [6.45, 7) is 3.75. The van der Waals surface area contributed by atoms with Crippen molar-refractivity contribution >= 4 is 0 Å². The zero-order valence-electron chi connectivity index (χ0n) is 5.67. The molecule has 0 unspecified atom stereocenters. The summed E-state index contributed by atoms with van der Waals surface area (Å²) in [6, 6.07) is 9.76. The van der Waals surface area contributed by atoms with Gasteiger partial charge in [-0.05, 0) is 18.1 Å². The van der Waals surface area contributed by atoms with Crippen LogP contribution in [0.5, 0.6) is 0 Å². The Morgan fingerprint density at radius 2 is 2.30 bits per heavy atom. The van der Waals surface area contributed by atoms with Crippen LogP contribution in [0.2, 0.25) is 0 Å². The van der Waals surface area contributed by atoms with Gasteiger partial charge in [0, 0.05) is 0 Å². The van der Waals surface area contributed by atoms with Gasteiger partial charge in [-0.15, -0.1) is 0 Å². The fourth-order valence-corrected chi connectivity index (χ4v) is 0.831. The summed E-state index contributed by atoms with van der Waals surface area (Å²) in [5.74, 6) is 0. The summed E-state index contributed by atoms with van der Waals surface area (Å²) in [5.41, 5.74) is 2.00. The molecule has 0 amide bonds. The maximum atomic E-state index is 8.34. The molecule has 0 N–H and O–H groups in total. The Kier molecular flexibility index (Phi) is 2.07. The van der Waals surface area contributed by atoms with Gasteiger partial charge in [-0.25, -0.2) is 0 Å². The van der Waals surface area contributed by atoms with E-state index >= 15 is 0 Å². The molecular formula is C9H8N. The minimum absolute atomic E-state index is 0.476. The number of hydrogen-bond donors (Lipinski definition) is 0. The molecule has 0 atom stereocenters. The second kappa shape index (κ2) is 3.03. The summed E-state index contributed by atoms with van der Waals surface area (Å²) in [6.07, 6.45) is 0.476. The SMILES string of the molecule is [CH2]c1cccc(CC#N)c1. The molecule has 1 rings (SSSR count). The van der Waals surface area contributed by atoms with E-state index in [0.717, 1.165) is 11.1 Å². The lowest BCUT2D eigenvalue weighted by molar-refractivity contribution is 1.26.